The van der Waals surface area contributed by atoms with Gasteiger partial charge in [-0.05, 0) is 49.2 Å². The summed E-state index contributed by atoms with van der Waals surface area (Å²) < 4.78 is 15.9. The smallest absolute Gasteiger partial charge is 0.224 e. The van der Waals surface area contributed by atoms with Gasteiger partial charge in [-0.1, -0.05) is 12.1 Å². The van der Waals surface area contributed by atoms with Crippen LogP contribution >= 0.6 is 0 Å². The van der Waals surface area contributed by atoms with Crippen LogP contribution in [-0.2, 0) is 11.2 Å². The molecule has 2 aromatic carbocycles. The highest BCUT2D eigenvalue weighted by molar-refractivity contribution is 5.79. The van der Waals surface area contributed by atoms with E-state index < -0.39 is 0 Å². The van der Waals surface area contributed by atoms with Crippen molar-refractivity contribution in [2.75, 3.05) is 21.3 Å². The van der Waals surface area contributed by atoms with Gasteiger partial charge in [0.05, 0.1) is 33.8 Å². The van der Waals surface area contributed by atoms with Gasteiger partial charge in [-0.2, -0.15) is 0 Å². The lowest BCUT2D eigenvalue weighted by Gasteiger charge is -2.18. The van der Waals surface area contributed by atoms with Gasteiger partial charge in [0.2, 0.25) is 5.91 Å². The Kier molecular flexibility index (Phi) is 6.28. The molecule has 1 atom stereocenters. The quantitative estimate of drug-likeness (QED) is 0.837. The molecule has 5 heteroatoms. The molecule has 0 saturated carbocycles. The zero-order valence-electron chi connectivity index (χ0n) is 15.4. The molecule has 2 rings (SSSR count). The summed E-state index contributed by atoms with van der Waals surface area (Å²) in [5, 5.41) is 3.01. The number of carbonyl (C=O) groups is 1. The first-order chi connectivity index (χ1) is 12.0. The second kappa shape index (κ2) is 8.42. The van der Waals surface area contributed by atoms with Crippen LogP contribution in [0, 0.1) is 6.92 Å². The summed E-state index contributed by atoms with van der Waals surface area (Å²) >= 11 is 0. The van der Waals surface area contributed by atoms with Crippen molar-refractivity contribution >= 4 is 5.91 Å². The number of rotatable bonds is 7. The number of nitrogens with one attached hydrogen (secondary N) is 1. The molecule has 1 amide bonds. The number of methoxy groups -OCH3 is 3. The van der Waals surface area contributed by atoms with Crippen LogP contribution in [0.1, 0.15) is 29.7 Å². The molecule has 0 spiro atoms. The number of benzene rings is 2. The van der Waals surface area contributed by atoms with E-state index in [-0.39, 0.29) is 11.9 Å². The van der Waals surface area contributed by atoms with E-state index in [0.717, 1.165) is 28.2 Å². The van der Waals surface area contributed by atoms with E-state index in [2.05, 4.69) is 5.32 Å². The van der Waals surface area contributed by atoms with Crippen LogP contribution in [0.4, 0.5) is 0 Å². The van der Waals surface area contributed by atoms with Gasteiger partial charge in [0.1, 0.15) is 17.2 Å². The summed E-state index contributed by atoms with van der Waals surface area (Å²) in [6.07, 6.45) is 0.307. The fourth-order valence-corrected chi connectivity index (χ4v) is 2.78. The highest BCUT2D eigenvalue weighted by Gasteiger charge is 2.16. The van der Waals surface area contributed by atoms with E-state index in [1.807, 2.05) is 50.2 Å². The monoisotopic (exact) mass is 343 g/mol. The third-order valence-electron chi connectivity index (χ3n) is 4.10. The van der Waals surface area contributed by atoms with E-state index in [0.29, 0.717) is 12.2 Å². The van der Waals surface area contributed by atoms with E-state index >= 15 is 0 Å². The van der Waals surface area contributed by atoms with Crippen molar-refractivity contribution < 1.29 is 19.0 Å². The first kappa shape index (κ1) is 18.6. The maximum Gasteiger partial charge on any atom is 0.224 e. The van der Waals surface area contributed by atoms with E-state index in [4.69, 9.17) is 14.2 Å². The molecular formula is C20H25NO4. The summed E-state index contributed by atoms with van der Waals surface area (Å²) in [5.41, 5.74) is 2.83. The highest BCUT2D eigenvalue weighted by Crippen LogP contribution is 2.29. The van der Waals surface area contributed by atoms with E-state index in [1.165, 1.54) is 0 Å². The van der Waals surface area contributed by atoms with Gasteiger partial charge in [-0.15, -0.1) is 0 Å². The van der Waals surface area contributed by atoms with Gasteiger partial charge >= 0.3 is 0 Å². The number of ether oxygens (including phenoxy) is 3. The van der Waals surface area contributed by atoms with Crippen molar-refractivity contribution in [2.45, 2.75) is 26.3 Å². The molecule has 1 N–H and O–H groups in total. The maximum absolute atomic E-state index is 12.4. The van der Waals surface area contributed by atoms with Gasteiger partial charge in [0.15, 0.2) is 0 Å². The molecule has 5 nitrogen and oxygen atoms in total. The SMILES string of the molecule is COc1ccc(OC)c([C@@H](C)NC(=O)Cc2ccc(OC)c(C)c2)c1. The summed E-state index contributed by atoms with van der Waals surface area (Å²) in [7, 11) is 4.86. The van der Waals surface area contributed by atoms with Crippen LogP contribution in [-0.4, -0.2) is 27.2 Å². The molecule has 0 aliphatic heterocycles. The summed E-state index contributed by atoms with van der Waals surface area (Å²) in [5.74, 6) is 2.21. The average molecular weight is 343 g/mol. The first-order valence-electron chi connectivity index (χ1n) is 8.13. The van der Waals surface area contributed by atoms with Crippen molar-refractivity contribution in [1.29, 1.82) is 0 Å². The molecule has 0 heterocycles. The molecule has 2 aromatic rings. The topological polar surface area (TPSA) is 56.8 Å². The average Bonchev–Trinajstić information content (AvgIpc) is 2.61. The van der Waals surface area contributed by atoms with Crippen LogP contribution in [0.2, 0.25) is 0 Å². The molecule has 0 aromatic heterocycles. The maximum atomic E-state index is 12.4. The van der Waals surface area contributed by atoms with Crippen LogP contribution in [0.25, 0.3) is 0 Å². The number of carbonyl (C=O) groups excluding carboxylic acids is 1. The van der Waals surface area contributed by atoms with Crippen LogP contribution in [0.5, 0.6) is 17.2 Å². The molecular weight excluding hydrogens is 318 g/mol. The van der Waals surface area contributed by atoms with Gasteiger partial charge in [0.25, 0.3) is 0 Å². The largest absolute Gasteiger partial charge is 0.497 e. The Morgan fingerprint density at radius 1 is 1.00 bits per heavy atom. The Bertz CT molecular complexity index is 742. The van der Waals surface area contributed by atoms with Crippen LogP contribution < -0.4 is 19.5 Å². The van der Waals surface area contributed by atoms with Gasteiger partial charge in [-0.25, -0.2) is 0 Å². The minimum absolute atomic E-state index is 0.0538. The normalized spacial score (nSPS) is 11.6. The third-order valence-corrected chi connectivity index (χ3v) is 4.10. The minimum Gasteiger partial charge on any atom is -0.497 e. The molecule has 0 fully saturated rings. The van der Waals surface area contributed by atoms with Gasteiger partial charge < -0.3 is 19.5 Å². The standard InChI is InChI=1S/C20H25NO4/c1-13-10-15(6-8-18(13)24-4)11-20(22)21-14(2)17-12-16(23-3)7-9-19(17)25-5/h6-10,12,14H,11H2,1-5H3,(H,21,22)/t14-/m1/s1. The predicted molar refractivity (Wildman–Crippen MR) is 97.5 cm³/mol. The second-order valence-electron chi connectivity index (χ2n) is 5.88. The van der Waals surface area contributed by atoms with Crippen LogP contribution in [0.3, 0.4) is 0 Å². The van der Waals surface area contributed by atoms with Crippen molar-refractivity contribution in [1.82, 2.24) is 5.32 Å². The summed E-state index contributed by atoms with van der Waals surface area (Å²) in [6.45, 7) is 3.89. The first-order valence-corrected chi connectivity index (χ1v) is 8.13. The third kappa shape index (κ3) is 4.66. The highest BCUT2D eigenvalue weighted by atomic mass is 16.5. The second-order valence-corrected chi connectivity index (χ2v) is 5.88. The lowest BCUT2D eigenvalue weighted by Crippen LogP contribution is -2.28. The number of amides is 1. The molecule has 0 bridgehead atoms. The van der Waals surface area contributed by atoms with E-state index in [1.54, 1.807) is 21.3 Å². The Morgan fingerprint density at radius 2 is 1.68 bits per heavy atom. The van der Waals surface area contributed by atoms with Crippen molar-refractivity contribution in [3.63, 3.8) is 0 Å². The molecule has 0 aliphatic rings. The molecule has 25 heavy (non-hydrogen) atoms. The lowest BCUT2D eigenvalue weighted by atomic mass is 10.0. The lowest BCUT2D eigenvalue weighted by molar-refractivity contribution is -0.121. The van der Waals surface area contributed by atoms with E-state index in [9.17, 15) is 4.79 Å². The molecule has 0 saturated heterocycles. The predicted octanol–water partition coefficient (Wildman–Crippen LogP) is 3.44. The Morgan fingerprint density at radius 3 is 2.28 bits per heavy atom. The molecule has 134 valence electrons. The minimum atomic E-state index is -0.197. The number of hydrogen-bond acceptors (Lipinski definition) is 4. The zero-order chi connectivity index (χ0) is 18.4. The molecule has 0 radical (unpaired) electrons. The Labute approximate surface area is 148 Å². The fraction of sp³-hybridized carbons (Fsp3) is 0.350. The summed E-state index contributed by atoms with van der Waals surface area (Å²) in [4.78, 5) is 12.4. The molecule has 0 aliphatic carbocycles. The number of hydrogen-bond donors (Lipinski definition) is 1. The molecule has 0 unspecified atom stereocenters. The number of aryl methyl sites for hydroxylation is 1. The van der Waals surface area contributed by atoms with Crippen molar-refractivity contribution in [3.05, 3.63) is 53.1 Å². The fourth-order valence-electron chi connectivity index (χ4n) is 2.78. The van der Waals surface area contributed by atoms with Crippen LogP contribution in [0.15, 0.2) is 36.4 Å². The Balaban J connectivity index is 2.08. The van der Waals surface area contributed by atoms with Crippen molar-refractivity contribution in [2.24, 2.45) is 0 Å². The Hall–Kier alpha value is -2.69. The van der Waals surface area contributed by atoms with Gasteiger partial charge in [-0.3, -0.25) is 4.79 Å². The van der Waals surface area contributed by atoms with Crippen molar-refractivity contribution in [3.8, 4) is 17.2 Å². The van der Waals surface area contributed by atoms with Gasteiger partial charge in [0, 0.05) is 5.56 Å². The summed E-state index contributed by atoms with van der Waals surface area (Å²) in [6, 6.07) is 11.1. The zero-order valence-corrected chi connectivity index (χ0v) is 15.4.